The second-order valence-corrected chi connectivity index (χ2v) is 9.44. The number of nitrogens with one attached hydrogen (secondary N) is 3. The maximum atomic E-state index is 13.3. The smallest absolute Gasteiger partial charge is 0.270 e. The second kappa shape index (κ2) is 7.99. The number of hydrogen-bond acceptors (Lipinski definition) is 5. The second-order valence-electron chi connectivity index (χ2n) is 9.44. The first-order valence-corrected chi connectivity index (χ1v) is 11.0. The molecule has 2 aliphatic rings. The lowest BCUT2D eigenvalue weighted by molar-refractivity contribution is -0.118. The molecule has 1 aliphatic heterocycles. The number of hydrogen-bond donors (Lipinski definition) is 3. The van der Waals surface area contributed by atoms with E-state index in [-0.39, 0.29) is 16.8 Å². The molecule has 0 saturated carbocycles. The van der Waals surface area contributed by atoms with Crippen LogP contribution in [0.5, 0.6) is 11.5 Å². The summed E-state index contributed by atoms with van der Waals surface area (Å²) in [6.07, 6.45) is 1.17. The molecule has 1 aromatic heterocycles. The summed E-state index contributed by atoms with van der Waals surface area (Å²) in [6, 6.07) is 15.5. The molecule has 0 fully saturated rings. The highest BCUT2D eigenvalue weighted by Gasteiger charge is 2.42. The minimum Gasteiger partial charge on any atom is -0.493 e. The predicted molar refractivity (Wildman–Crippen MR) is 126 cm³/mol. The van der Waals surface area contributed by atoms with Gasteiger partial charge >= 0.3 is 0 Å². The number of Topliss-reactive ketones (excluding diaryl/α,β-unsaturated/α-hetero) is 1. The molecule has 33 heavy (non-hydrogen) atoms. The number of ketones is 1. The van der Waals surface area contributed by atoms with E-state index < -0.39 is 5.92 Å². The molecule has 7 heteroatoms. The highest BCUT2D eigenvalue weighted by molar-refractivity contribution is 6.01. The molecule has 2 aromatic carbocycles. The summed E-state index contributed by atoms with van der Waals surface area (Å²) >= 11 is 0. The lowest BCUT2D eigenvalue weighted by Crippen LogP contribution is -2.35. The third-order valence-corrected chi connectivity index (χ3v) is 6.35. The van der Waals surface area contributed by atoms with Crippen LogP contribution in [0.3, 0.4) is 0 Å². The van der Waals surface area contributed by atoms with Gasteiger partial charge in [0.2, 0.25) is 0 Å². The zero-order valence-electron chi connectivity index (χ0n) is 19.0. The van der Waals surface area contributed by atoms with Crippen molar-refractivity contribution >= 4 is 11.6 Å². The van der Waals surface area contributed by atoms with Gasteiger partial charge in [0.25, 0.3) is 5.56 Å². The van der Waals surface area contributed by atoms with Crippen LogP contribution in [-0.2, 0) is 11.4 Å². The summed E-state index contributed by atoms with van der Waals surface area (Å²) in [5, 5.41) is 8.89. The Morgan fingerprint density at radius 3 is 2.55 bits per heavy atom. The quantitative estimate of drug-likeness (QED) is 0.538. The van der Waals surface area contributed by atoms with Crippen LogP contribution in [0.2, 0.25) is 0 Å². The van der Waals surface area contributed by atoms with Crippen molar-refractivity contribution in [1.29, 1.82) is 0 Å². The van der Waals surface area contributed by atoms with Gasteiger partial charge in [-0.2, -0.15) is 0 Å². The molecule has 2 heterocycles. The van der Waals surface area contributed by atoms with Gasteiger partial charge in [-0.15, -0.1) is 0 Å². The summed E-state index contributed by atoms with van der Waals surface area (Å²) < 4.78 is 11.6. The van der Waals surface area contributed by atoms with Crippen molar-refractivity contribution < 1.29 is 14.3 Å². The fourth-order valence-corrected chi connectivity index (χ4v) is 4.87. The number of H-pyrrole nitrogens is 2. The maximum Gasteiger partial charge on any atom is 0.270 e. The Morgan fingerprint density at radius 1 is 1.00 bits per heavy atom. The molecular formula is C26H27N3O4. The van der Waals surface area contributed by atoms with Crippen LogP contribution < -0.4 is 20.3 Å². The van der Waals surface area contributed by atoms with E-state index >= 15 is 0 Å². The van der Waals surface area contributed by atoms with E-state index in [4.69, 9.17) is 9.47 Å². The number of carbonyl (C=O) groups is 1. The summed E-state index contributed by atoms with van der Waals surface area (Å²) in [5.74, 6) is 1.35. The topological polar surface area (TPSA) is 96.2 Å². The van der Waals surface area contributed by atoms with Gasteiger partial charge in [-0.05, 0) is 35.1 Å². The molecule has 170 valence electrons. The van der Waals surface area contributed by atoms with Gasteiger partial charge in [-0.25, -0.2) is 0 Å². The Bertz CT molecular complexity index is 1300. The minimum absolute atomic E-state index is 0.0633. The number of allylic oxidation sites excluding steroid dienone is 2. The SMILES string of the molecule is COc1cc(C2C3=C(CC(C)(C)CC3=O)Nc3[nH][nH]c(=O)c32)ccc1OCc1ccccc1. The molecule has 0 amide bonds. The Hall–Kier alpha value is -3.74. The summed E-state index contributed by atoms with van der Waals surface area (Å²) in [5.41, 5.74) is 3.52. The number of fused-ring (bicyclic) bond motifs is 1. The average Bonchev–Trinajstić information content (AvgIpc) is 3.16. The highest BCUT2D eigenvalue weighted by atomic mass is 16.5. The maximum absolute atomic E-state index is 13.3. The molecule has 0 bridgehead atoms. The first kappa shape index (κ1) is 21.1. The first-order valence-electron chi connectivity index (χ1n) is 11.0. The van der Waals surface area contributed by atoms with Gasteiger partial charge in [-0.1, -0.05) is 50.2 Å². The minimum atomic E-state index is -0.480. The summed E-state index contributed by atoms with van der Waals surface area (Å²) in [4.78, 5) is 26.0. The van der Waals surface area contributed by atoms with E-state index in [2.05, 4.69) is 29.4 Å². The first-order chi connectivity index (χ1) is 15.9. The predicted octanol–water partition coefficient (Wildman–Crippen LogP) is 4.49. The van der Waals surface area contributed by atoms with Crippen molar-refractivity contribution in [2.45, 2.75) is 39.2 Å². The van der Waals surface area contributed by atoms with Gasteiger partial charge in [0, 0.05) is 23.6 Å². The third kappa shape index (κ3) is 3.84. The number of anilines is 1. The number of rotatable bonds is 5. The van der Waals surface area contributed by atoms with Crippen LogP contribution in [0, 0.1) is 5.41 Å². The van der Waals surface area contributed by atoms with Crippen molar-refractivity contribution in [3.8, 4) is 11.5 Å². The van der Waals surface area contributed by atoms with E-state index in [1.165, 1.54) is 0 Å². The van der Waals surface area contributed by atoms with E-state index in [1.54, 1.807) is 7.11 Å². The van der Waals surface area contributed by atoms with Crippen LogP contribution in [0.15, 0.2) is 64.6 Å². The Kier molecular flexibility index (Phi) is 5.12. The van der Waals surface area contributed by atoms with Crippen LogP contribution in [0.4, 0.5) is 5.82 Å². The fourth-order valence-electron chi connectivity index (χ4n) is 4.87. The number of aromatic amines is 2. The van der Waals surface area contributed by atoms with Crippen LogP contribution in [0.1, 0.15) is 49.3 Å². The Balaban J connectivity index is 1.55. The van der Waals surface area contributed by atoms with Gasteiger partial charge < -0.3 is 14.8 Å². The van der Waals surface area contributed by atoms with E-state index in [9.17, 15) is 9.59 Å². The monoisotopic (exact) mass is 445 g/mol. The molecule has 1 aliphatic carbocycles. The summed E-state index contributed by atoms with van der Waals surface area (Å²) in [7, 11) is 1.59. The largest absolute Gasteiger partial charge is 0.493 e. The van der Waals surface area contributed by atoms with E-state index in [1.807, 2.05) is 48.5 Å². The molecule has 7 nitrogen and oxygen atoms in total. The normalized spacial score (nSPS) is 18.9. The molecule has 0 saturated heterocycles. The van der Waals surface area contributed by atoms with Crippen molar-refractivity contribution in [2.24, 2.45) is 5.41 Å². The van der Waals surface area contributed by atoms with Crippen molar-refractivity contribution in [1.82, 2.24) is 10.2 Å². The molecule has 1 unspecified atom stereocenters. The third-order valence-electron chi connectivity index (χ3n) is 6.35. The molecule has 1 atom stereocenters. The zero-order valence-corrected chi connectivity index (χ0v) is 19.0. The number of carbonyl (C=O) groups excluding carboxylic acids is 1. The van der Waals surface area contributed by atoms with Gasteiger partial charge in [-0.3, -0.25) is 19.8 Å². The van der Waals surface area contributed by atoms with Crippen molar-refractivity contribution in [3.05, 3.63) is 86.8 Å². The fraction of sp³-hybridized carbons (Fsp3) is 0.308. The summed E-state index contributed by atoms with van der Waals surface area (Å²) in [6.45, 7) is 4.58. The van der Waals surface area contributed by atoms with Crippen LogP contribution >= 0.6 is 0 Å². The van der Waals surface area contributed by atoms with Crippen LogP contribution in [-0.4, -0.2) is 23.1 Å². The molecule has 0 radical (unpaired) electrons. The van der Waals surface area contributed by atoms with Gasteiger partial charge in [0.15, 0.2) is 17.3 Å². The Morgan fingerprint density at radius 2 is 1.79 bits per heavy atom. The Labute approximate surface area is 191 Å². The molecular weight excluding hydrogens is 418 g/mol. The number of ether oxygens (including phenoxy) is 2. The standard InChI is InChI=1S/C26H27N3O4/c1-26(2)12-17-22(18(30)13-26)21(23-24(27-17)28-29-25(23)31)16-9-10-19(20(11-16)32-3)33-14-15-7-5-4-6-8-15/h4-11,21H,12-14H2,1-3H3,(H3,27,28,29,31). The van der Waals surface area contributed by atoms with Gasteiger partial charge in [0.1, 0.15) is 12.4 Å². The van der Waals surface area contributed by atoms with E-state index in [0.717, 1.165) is 23.2 Å². The molecule has 3 aromatic rings. The number of aromatic nitrogens is 2. The van der Waals surface area contributed by atoms with Crippen LogP contribution in [0.25, 0.3) is 0 Å². The molecule has 5 rings (SSSR count). The van der Waals surface area contributed by atoms with Gasteiger partial charge in [0.05, 0.1) is 12.7 Å². The average molecular weight is 446 g/mol. The zero-order chi connectivity index (χ0) is 23.2. The van der Waals surface area contributed by atoms with Crippen molar-refractivity contribution in [2.75, 3.05) is 12.4 Å². The lowest BCUT2D eigenvalue weighted by Gasteiger charge is -2.38. The lowest BCUT2D eigenvalue weighted by atomic mass is 9.69. The number of methoxy groups -OCH3 is 1. The molecule has 3 N–H and O–H groups in total. The van der Waals surface area contributed by atoms with E-state index in [0.29, 0.717) is 41.5 Å². The van der Waals surface area contributed by atoms with Crippen molar-refractivity contribution in [3.63, 3.8) is 0 Å². The molecule has 0 spiro atoms. The highest BCUT2D eigenvalue weighted by Crippen LogP contribution is 2.48. The number of benzene rings is 2.